The Morgan fingerprint density at radius 1 is 1.08 bits per heavy atom. The van der Waals surface area contributed by atoms with Crippen LogP contribution in [0.5, 0.6) is 0 Å². The number of hydrogen-bond acceptors (Lipinski definition) is 3. The van der Waals surface area contributed by atoms with Gasteiger partial charge in [0.2, 0.25) is 0 Å². The highest BCUT2D eigenvalue weighted by Gasteiger charge is 2.25. The lowest BCUT2D eigenvalue weighted by atomic mass is 10.1. The second kappa shape index (κ2) is 9.57. The number of amides is 3. The Kier molecular flexibility index (Phi) is 7.45. The highest BCUT2D eigenvalue weighted by Crippen LogP contribution is 2.15. The number of ether oxygens (including phenoxy) is 1. The molecule has 1 aliphatic rings. The molecule has 2 rings (SSSR count). The molecule has 2 unspecified atom stereocenters. The molecular weight excluding hydrogens is 330 g/mol. The normalized spacial score (nSPS) is 19.9. The van der Waals surface area contributed by atoms with E-state index in [0.29, 0.717) is 24.3 Å². The van der Waals surface area contributed by atoms with E-state index < -0.39 is 0 Å². The maximum atomic E-state index is 12.6. The molecule has 0 saturated carbocycles. The number of carbonyl (C=O) groups excluding carboxylic acids is 2. The van der Waals surface area contributed by atoms with Crippen molar-refractivity contribution in [2.24, 2.45) is 0 Å². The highest BCUT2D eigenvalue weighted by atomic mass is 16.5. The van der Waals surface area contributed by atoms with Crippen LogP contribution in [0.1, 0.15) is 50.9 Å². The first-order chi connectivity index (χ1) is 12.4. The predicted molar refractivity (Wildman–Crippen MR) is 104 cm³/mol. The summed E-state index contributed by atoms with van der Waals surface area (Å²) >= 11 is 0. The Balaban J connectivity index is 1.98. The van der Waals surface area contributed by atoms with E-state index in [-0.39, 0.29) is 24.1 Å². The van der Waals surface area contributed by atoms with E-state index in [1.807, 2.05) is 18.7 Å². The third kappa shape index (κ3) is 5.46. The number of morpholine rings is 1. The van der Waals surface area contributed by atoms with Crippen LogP contribution in [0.2, 0.25) is 0 Å². The van der Waals surface area contributed by atoms with Crippen molar-refractivity contribution in [3.8, 4) is 0 Å². The average molecular weight is 361 g/mol. The van der Waals surface area contributed by atoms with Crippen LogP contribution in [0.4, 0.5) is 10.5 Å². The van der Waals surface area contributed by atoms with E-state index in [9.17, 15) is 9.59 Å². The van der Waals surface area contributed by atoms with Crippen LogP contribution in [-0.4, -0.2) is 60.1 Å². The zero-order chi connectivity index (χ0) is 19.1. The molecular formula is C20H31N3O3. The smallest absolute Gasteiger partial charge is 0.322 e. The molecule has 0 bridgehead atoms. The third-order valence-corrected chi connectivity index (χ3v) is 4.36. The summed E-state index contributed by atoms with van der Waals surface area (Å²) in [7, 11) is 0. The number of hydrogen-bond donors (Lipinski definition) is 1. The number of benzene rings is 1. The van der Waals surface area contributed by atoms with E-state index in [4.69, 9.17) is 4.74 Å². The van der Waals surface area contributed by atoms with Gasteiger partial charge in [0.05, 0.1) is 12.2 Å². The minimum absolute atomic E-state index is 0.0348. The van der Waals surface area contributed by atoms with Gasteiger partial charge in [0.1, 0.15) is 0 Å². The number of nitrogens with one attached hydrogen (secondary N) is 1. The molecule has 1 aromatic carbocycles. The van der Waals surface area contributed by atoms with Crippen molar-refractivity contribution in [3.05, 3.63) is 29.8 Å². The summed E-state index contributed by atoms with van der Waals surface area (Å²) in [5.74, 6) is 0.0439. The minimum Gasteiger partial charge on any atom is -0.372 e. The summed E-state index contributed by atoms with van der Waals surface area (Å²) in [6.45, 7) is 10.8. The Morgan fingerprint density at radius 2 is 1.62 bits per heavy atom. The summed E-state index contributed by atoms with van der Waals surface area (Å²) in [5, 5.41) is 2.90. The van der Waals surface area contributed by atoms with Crippen molar-refractivity contribution >= 4 is 17.6 Å². The molecule has 1 N–H and O–H groups in total. The van der Waals surface area contributed by atoms with E-state index in [1.54, 1.807) is 29.2 Å². The van der Waals surface area contributed by atoms with Gasteiger partial charge in [-0.3, -0.25) is 4.79 Å². The molecule has 1 saturated heterocycles. The van der Waals surface area contributed by atoms with Crippen molar-refractivity contribution < 1.29 is 14.3 Å². The van der Waals surface area contributed by atoms with Gasteiger partial charge in [0.15, 0.2) is 0 Å². The summed E-state index contributed by atoms with van der Waals surface area (Å²) in [6.07, 6.45) is 1.95. The van der Waals surface area contributed by atoms with E-state index in [1.165, 1.54) is 0 Å². The minimum atomic E-state index is -0.135. The number of carbonyl (C=O) groups is 2. The van der Waals surface area contributed by atoms with Gasteiger partial charge in [-0.15, -0.1) is 0 Å². The van der Waals surface area contributed by atoms with Crippen LogP contribution >= 0.6 is 0 Å². The lowest BCUT2D eigenvalue weighted by molar-refractivity contribution is -0.0530. The lowest BCUT2D eigenvalue weighted by Crippen LogP contribution is -2.49. The van der Waals surface area contributed by atoms with Gasteiger partial charge < -0.3 is 19.9 Å². The quantitative estimate of drug-likeness (QED) is 0.842. The topological polar surface area (TPSA) is 61.9 Å². The van der Waals surface area contributed by atoms with Crippen LogP contribution < -0.4 is 5.32 Å². The highest BCUT2D eigenvalue weighted by molar-refractivity contribution is 5.95. The molecule has 144 valence electrons. The van der Waals surface area contributed by atoms with Crippen molar-refractivity contribution in [1.82, 2.24) is 9.80 Å². The Morgan fingerprint density at radius 3 is 2.12 bits per heavy atom. The number of nitrogens with zero attached hydrogens (tertiary/aromatic N) is 2. The van der Waals surface area contributed by atoms with Crippen molar-refractivity contribution in [2.75, 3.05) is 31.5 Å². The van der Waals surface area contributed by atoms with Gasteiger partial charge in [-0.1, -0.05) is 13.8 Å². The number of urea groups is 1. The summed E-state index contributed by atoms with van der Waals surface area (Å²) < 4.78 is 5.66. The fourth-order valence-electron chi connectivity index (χ4n) is 3.28. The molecule has 0 aromatic heterocycles. The first-order valence-corrected chi connectivity index (χ1v) is 9.55. The van der Waals surface area contributed by atoms with Gasteiger partial charge >= 0.3 is 6.03 Å². The molecule has 3 amide bonds. The molecule has 6 heteroatoms. The lowest BCUT2D eigenvalue weighted by Gasteiger charge is -2.35. The fourth-order valence-corrected chi connectivity index (χ4v) is 3.28. The molecule has 1 fully saturated rings. The monoisotopic (exact) mass is 361 g/mol. The van der Waals surface area contributed by atoms with Gasteiger partial charge in [-0.2, -0.15) is 0 Å². The van der Waals surface area contributed by atoms with Crippen LogP contribution in [0.3, 0.4) is 0 Å². The molecule has 6 nitrogen and oxygen atoms in total. The van der Waals surface area contributed by atoms with E-state index in [0.717, 1.165) is 25.9 Å². The average Bonchev–Trinajstić information content (AvgIpc) is 2.61. The maximum absolute atomic E-state index is 12.6. The zero-order valence-corrected chi connectivity index (χ0v) is 16.3. The Hall–Kier alpha value is -2.08. The largest absolute Gasteiger partial charge is 0.372 e. The van der Waals surface area contributed by atoms with Gasteiger partial charge in [-0.25, -0.2) is 4.79 Å². The van der Waals surface area contributed by atoms with Gasteiger partial charge in [0, 0.05) is 37.4 Å². The zero-order valence-electron chi connectivity index (χ0n) is 16.3. The van der Waals surface area contributed by atoms with Crippen molar-refractivity contribution in [3.63, 3.8) is 0 Å². The summed E-state index contributed by atoms with van der Waals surface area (Å²) in [6, 6.07) is 7.00. The maximum Gasteiger partial charge on any atom is 0.322 e. The summed E-state index contributed by atoms with van der Waals surface area (Å²) in [5.41, 5.74) is 1.34. The first kappa shape index (κ1) is 20.2. The van der Waals surface area contributed by atoms with Crippen molar-refractivity contribution in [1.29, 1.82) is 0 Å². The van der Waals surface area contributed by atoms with Crippen LogP contribution in [-0.2, 0) is 4.74 Å². The van der Waals surface area contributed by atoms with Crippen LogP contribution in [0, 0.1) is 0 Å². The molecule has 0 aliphatic carbocycles. The van der Waals surface area contributed by atoms with Crippen LogP contribution in [0.15, 0.2) is 24.3 Å². The fraction of sp³-hybridized carbons (Fsp3) is 0.600. The first-order valence-electron chi connectivity index (χ1n) is 9.55. The predicted octanol–water partition coefficient (Wildman–Crippen LogP) is 3.59. The number of anilines is 1. The SMILES string of the molecule is CCCN(CCC)C(=O)c1ccc(NC(=O)N2CC(C)OC(C)C2)cc1. The molecule has 26 heavy (non-hydrogen) atoms. The van der Waals surface area contributed by atoms with Crippen molar-refractivity contribution in [2.45, 2.75) is 52.7 Å². The van der Waals surface area contributed by atoms with E-state index in [2.05, 4.69) is 19.2 Å². The third-order valence-electron chi connectivity index (χ3n) is 4.36. The molecule has 1 heterocycles. The number of rotatable bonds is 6. The Bertz CT molecular complexity index is 587. The van der Waals surface area contributed by atoms with Crippen LogP contribution in [0.25, 0.3) is 0 Å². The standard InChI is InChI=1S/C20H31N3O3/c1-5-11-22(12-6-2)19(24)17-7-9-18(10-8-17)21-20(25)23-13-15(3)26-16(4)14-23/h7-10,15-16H,5-6,11-14H2,1-4H3,(H,21,25). The Labute approximate surface area is 156 Å². The molecule has 0 spiro atoms. The molecule has 1 aromatic rings. The van der Waals surface area contributed by atoms with E-state index >= 15 is 0 Å². The van der Waals surface area contributed by atoms with Gasteiger partial charge in [-0.05, 0) is 51.0 Å². The van der Waals surface area contributed by atoms with Gasteiger partial charge in [0.25, 0.3) is 5.91 Å². The molecule has 1 aliphatic heterocycles. The molecule has 0 radical (unpaired) electrons. The second-order valence-electron chi connectivity index (χ2n) is 6.96. The molecule has 2 atom stereocenters. The second-order valence-corrected chi connectivity index (χ2v) is 6.96. The summed E-state index contributed by atoms with van der Waals surface area (Å²) in [4.78, 5) is 28.7.